The van der Waals surface area contributed by atoms with Gasteiger partial charge in [0.25, 0.3) is 0 Å². The second-order valence-electron chi connectivity index (χ2n) is 16.2. The number of nitrogens with zero attached hydrogens (tertiary/aromatic N) is 2. The van der Waals surface area contributed by atoms with Crippen molar-refractivity contribution in [3.05, 3.63) is 207 Å². The lowest BCUT2D eigenvalue weighted by Gasteiger charge is -2.09. The molecule has 0 spiro atoms. The number of hydrogen-bond donors (Lipinski definition) is 0. The van der Waals surface area contributed by atoms with E-state index in [2.05, 4.69) is 168 Å². The highest BCUT2D eigenvalue weighted by Crippen LogP contribution is 2.39. The molecule has 0 saturated heterocycles. The van der Waals surface area contributed by atoms with E-state index in [1.807, 2.05) is 48.8 Å². The molecule has 0 bridgehead atoms. The van der Waals surface area contributed by atoms with Gasteiger partial charge in [-0.3, -0.25) is 9.97 Å². The monoisotopic (exact) mass is 806 g/mol. The molecular formula is C58H34N2O3. The largest absolute Gasteiger partial charge is 0.456 e. The van der Waals surface area contributed by atoms with Crippen LogP contribution >= 0.6 is 0 Å². The van der Waals surface area contributed by atoms with Crippen molar-refractivity contribution in [1.82, 2.24) is 9.97 Å². The van der Waals surface area contributed by atoms with Crippen molar-refractivity contribution in [3.8, 4) is 66.8 Å². The normalized spacial score (nSPS) is 11.8. The molecule has 5 aromatic heterocycles. The predicted octanol–water partition coefficient (Wildman–Crippen LogP) is 16.2. The van der Waals surface area contributed by atoms with Gasteiger partial charge in [-0.2, -0.15) is 0 Å². The summed E-state index contributed by atoms with van der Waals surface area (Å²) >= 11 is 0. The van der Waals surface area contributed by atoms with Gasteiger partial charge in [-0.15, -0.1) is 0 Å². The van der Waals surface area contributed by atoms with Crippen LogP contribution in [0.4, 0.5) is 0 Å². The van der Waals surface area contributed by atoms with Crippen molar-refractivity contribution in [2.24, 2.45) is 0 Å². The molecule has 0 amide bonds. The number of furan rings is 3. The molecule has 0 fully saturated rings. The number of hydrogen-bond acceptors (Lipinski definition) is 5. The van der Waals surface area contributed by atoms with Gasteiger partial charge in [-0.05, 0) is 164 Å². The van der Waals surface area contributed by atoms with Crippen LogP contribution in [-0.4, -0.2) is 9.97 Å². The first-order chi connectivity index (χ1) is 31.1. The Hall–Kier alpha value is -8.54. The van der Waals surface area contributed by atoms with Gasteiger partial charge in [0.1, 0.15) is 33.4 Å². The Morgan fingerprint density at radius 2 is 0.492 bits per heavy atom. The van der Waals surface area contributed by atoms with E-state index < -0.39 is 0 Å². The zero-order chi connectivity index (χ0) is 41.4. The van der Waals surface area contributed by atoms with Crippen molar-refractivity contribution in [2.75, 3.05) is 0 Å². The minimum atomic E-state index is 0.800. The molecule has 0 unspecified atom stereocenters. The van der Waals surface area contributed by atoms with Crippen LogP contribution in [0.3, 0.4) is 0 Å². The molecule has 0 aliphatic heterocycles. The fraction of sp³-hybridized carbons (Fsp3) is 0. The average Bonchev–Trinajstić information content (AvgIpc) is 4.04. The van der Waals surface area contributed by atoms with Gasteiger partial charge in [0.2, 0.25) is 0 Å². The first-order valence-electron chi connectivity index (χ1n) is 21.1. The van der Waals surface area contributed by atoms with Crippen LogP contribution in [0.5, 0.6) is 0 Å². The van der Waals surface area contributed by atoms with Crippen molar-refractivity contribution in [2.45, 2.75) is 0 Å². The second kappa shape index (κ2) is 14.0. The molecule has 63 heavy (non-hydrogen) atoms. The summed E-state index contributed by atoms with van der Waals surface area (Å²) in [5, 5.41) is 4.23. The average molecular weight is 807 g/mol. The molecule has 0 aliphatic carbocycles. The molecule has 8 aromatic carbocycles. The van der Waals surface area contributed by atoms with Gasteiger partial charge in [0.05, 0.1) is 0 Å². The zero-order valence-electron chi connectivity index (χ0n) is 33.7. The second-order valence-corrected chi connectivity index (χ2v) is 16.2. The summed E-state index contributed by atoms with van der Waals surface area (Å²) < 4.78 is 18.5. The smallest absolute Gasteiger partial charge is 0.153 e. The van der Waals surface area contributed by atoms with Gasteiger partial charge in [-0.25, -0.2) is 0 Å². The molecule has 0 aliphatic rings. The summed E-state index contributed by atoms with van der Waals surface area (Å²) in [6, 6.07) is 68.5. The Labute approximate surface area is 361 Å². The Balaban J connectivity index is 0.813. The molecule has 5 heterocycles. The summed E-state index contributed by atoms with van der Waals surface area (Å²) in [7, 11) is 0. The lowest BCUT2D eigenvalue weighted by molar-refractivity contribution is 0.668. The van der Waals surface area contributed by atoms with E-state index in [4.69, 9.17) is 13.3 Å². The van der Waals surface area contributed by atoms with Crippen LogP contribution in [0.1, 0.15) is 0 Å². The standard InChI is InChI=1S/C58H34N2O3/c1-7-35(37-9-3-13-41(29-37)45-19-23-53-49(33-45)57-55(62-53)15-5-25-59-57)27-39(11-1)43-17-21-51-47(31-43)48-32-44(18-22-52(48)61-51)40-12-2-8-36(28-40)38-10-4-14-42(30-38)46-20-24-54-50(34-46)58-56(63-54)16-6-26-60-58/h1-34H. The maximum absolute atomic E-state index is 6.40. The molecule has 13 rings (SSSR count). The van der Waals surface area contributed by atoms with Gasteiger partial charge < -0.3 is 13.3 Å². The van der Waals surface area contributed by atoms with Crippen LogP contribution in [0.2, 0.25) is 0 Å². The zero-order valence-corrected chi connectivity index (χ0v) is 33.7. The minimum Gasteiger partial charge on any atom is -0.456 e. The SMILES string of the molecule is c1cc(-c2cccc(-c3ccc4oc5cccnc5c4c3)c2)cc(-c2ccc3oc4ccc(-c5cccc(-c6cccc(-c7ccc8oc9cccnc9c8c7)c6)c5)cc4c3c2)c1. The number of benzene rings is 8. The maximum Gasteiger partial charge on any atom is 0.153 e. The topological polar surface area (TPSA) is 65.2 Å². The summed E-state index contributed by atoms with van der Waals surface area (Å²) in [5.41, 5.74) is 20.5. The van der Waals surface area contributed by atoms with Gasteiger partial charge in [-0.1, -0.05) is 97.1 Å². The molecule has 0 atom stereocenters. The number of pyridine rings is 2. The van der Waals surface area contributed by atoms with Crippen molar-refractivity contribution in [1.29, 1.82) is 0 Å². The summed E-state index contributed by atoms with van der Waals surface area (Å²) in [6.07, 6.45) is 3.63. The van der Waals surface area contributed by atoms with E-state index in [1.165, 1.54) is 0 Å². The Bertz CT molecular complexity index is 3690. The molecule has 294 valence electrons. The van der Waals surface area contributed by atoms with E-state index in [-0.39, 0.29) is 0 Å². The van der Waals surface area contributed by atoms with Crippen molar-refractivity contribution in [3.63, 3.8) is 0 Å². The van der Waals surface area contributed by atoms with Gasteiger partial charge in [0, 0.05) is 33.9 Å². The number of fused-ring (bicyclic) bond motifs is 9. The van der Waals surface area contributed by atoms with Gasteiger partial charge >= 0.3 is 0 Å². The molecule has 5 heteroatoms. The minimum absolute atomic E-state index is 0.800. The Kier molecular flexibility index (Phi) is 7.84. The third-order valence-corrected chi connectivity index (χ3v) is 12.4. The Morgan fingerprint density at radius 3 is 0.825 bits per heavy atom. The fourth-order valence-corrected chi connectivity index (χ4v) is 9.20. The lowest BCUT2D eigenvalue weighted by Crippen LogP contribution is -1.84. The highest BCUT2D eigenvalue weighted by atomic mass is 16.3. The number of rotatable bonds is 6. The molecule has 5 nitrogen and oxygen atoms in total. The van der Waals surface area contributed by atoms with E-state index in [1.54, 1.807) is 0 Å². The maximum atomic E-state index is 6.40. The summed E-state index contributed by atoms with van der Waals surface area (Å²) in [6.45, 7) is 0. The van der Waals surface area contributed by atoms with Crippen molar-refractivity contribution >= 4 is 66.1 Å². The van der Waals surface area contributed by atoms with Crippen LogP contribution in [0.25, 0.3) is 133 Å². The van der Waals surface area contributed by atoms with Gasteiger partial charge in [0.15, 0.2) is 11.2 Å². The molecular weight excluding hydrogens is 773 g/mol. The van der Waals surface area contributed by atoms with E-state index in [0.29, 0.717) is 0 Å². The Morgan fingerprint density at radius 1 is 0.222 bits per heavy atom. The van der Waals surface area contributed by atoms with Crippen LogP contribution < -0.4 is 0 Å². The van der Waals surface area contributed by atoms with Crippen molar-refractivity contribution < 1.29 is 13.3 Å². The van der Waals surface area contributed by atoms with E-state index >= 15 is 0 Å². The predicted molar refractivity (Wildman–Crippen MR) is 256 cm³/mol. The van der Waals surface area contributed by atoms with E-state index in [9.17, 15) is 0 Å². The highest BCUT2D eigenvalue weighted by molar-refractivity contribution is 6.08. The first-order valence-corrected chi connectivity index (χ1v) is 21.1. The third-order valence-electron chi connectivity index (χ3n) is 12.4. The quantitative estimate of drug-likeness (QED) is 0.167. The van der Waals surface area contributed by atoms with E-state index in [0.717, 1.165) is 133 Å². The summed E-state index contributed by atoms with van der Waals surface area (Å²) in [4.78, 5) is 9.18. The van der Waals surface area contributed by atoms with Crippen LogP contribution in [0.15, 0.2) is 220 Å². The molecule has 0 saturated carbocycles. The highest BCUT2D eigenvalue weighted by Gasteiger charge is 2.15. The van der Waals surface area contributed by atoms with Crippen LogP contribution in [0, 0.1) is 0 Å². The number of aromatic nitrogens is 2. The molecule has 0 N–H and O–H groups in total. The summed E-state index contributed by atoms with van der Waals surface area (Å²) in [5.74, 6) is 0. The first kappa shape index (κ1) is 35.2. The van der Waals surface area contributed by atoms with Crippen LogP contribution in [-0.2, 0) is 0 Å². The lowest BCUT2D eigenvalue weighted by atomic mass is 9.94. The fourth-order valence-electron chi connectivity index (χ4n) is 9.20. The molecule has 0 radical (unpaired) electrons. The third kappa shape index (κ3) is 6.01. The molecule has 13 aromatic rings.